The van der Waals surface area contributed by atoms with E-state index in [1.165, 1.54) is 16.0 Å². The monoisotopic (exact) mass is 348 g/mol. The van der Waals surface area contributed by atoms with Crippen LogP contribution in [0.1, 0.15) is 0 Å². The van der Waals surface area contributed by atoms with Crippen molar-refractivity contribution >= 4 is 43.4 Å². The number of hydrogen-bond acceptors (Lipinski definition) is 5. The van der Waals surface area contributed by atoms with E-state index >= 15 is 0 Å². The smallest absolute Gasteiger partial charge is 0.282 e. The van der Waals surface area contributed by atoms with E-state index in [2.05, 4.69) is 15.1 Å². The Kier molecular flexibility index (Phi) is 2.92. The minimum Gasteiger partial charge on any atom is -0.497 e. The van der Waals surface area contributed by atoms with Crippen molar-refractivity contribution < 1.29 is 4.74 Å². The first kappa shape index (κ1) is 14.2. The second-order valence-electron chi connectivity index (χ2n) is 5.65. The lowest BCUT2D eigenvalue weighted by Crippen LogP contribution is -2.13. The summed E-state index contributed by atoms with van der Waals surface area (Å²) in [5, 5.41) is 5.17. The predicted octanol–water partition coefficient (Wildman–Crippen LogP) is 3.49. The molecule has 0 atom stereocenters. The Morgan fingerprint density at radius 1 is 1.12 bits per heavy atom. The number of fused-ring (bicyclic) bond motifs is 4. The van der Waals surface area contributed by atoms with Crippen LogP contribution in [-0.4, -0.2) is 26.9 Å². The second kappa shape index (κ2) is 5.15. The van der Waals surface area contributed by atoms with Crippen LogP contribution in [0.2, 0.25) is 0 Å². The molecule has 0 aliphatic rings. The van der Waals surface area contributed by atoms with E-state index in [-0.39, 0.29) is 5.56 Å². The van der Waals surface area contributed by atoms with Crippen LogP contribution >= 0.6 is 11.3 Å². The van der Waals surface area contributed by atoms with Crippen LogP contribution in [0.25, 0.3) is 37.2 Å². The van der Waals surface area contributed by atoms with E-state index in [1.54, 1.807) is 13.3 Å². The molecule has 0 unspecified atom stereocenters. The van der Waals surface area contributed by atoms with E-state index in [0.717, 1.165) is 32.4 Å². The molecular formula is C18H12N4O2S. The molecule has 2 aromatic carbocycles. The van der Waals surface area contributed by atoms with Crippen molar-refractivity contribution in [3.05, 3.63) is 59.0 Å². The molecule has 0 fully saturated rings. The minimum absolute atomic E-state index is 0.161. The summed E-state index contributed by atoms with van der Waals surface area (Å²) < 4.78 is 7.81. The van der Waals surface area contributed by atoms with Gasteiger partial charge in [-0.3, -0.25) is 14.9 Å². The van der Waals surface area contributed by atoms with Gasteiger partial charge < -0.3 is 4.74 Å². The van der Waals surface area contributed by atoms with Crippen LogP contribution in [0.15, 0.2) is 53.5 Å². The number of hydrogen-bond donors (Lipinski definition) is 1. The summed E-state index contributed by atoms with van der Waals surface area (Å²) in [7, 11) is 1.61. The van der Waals surface area contributed by atoms with Crippen LogP contribution in [0.4, 0.5) is 0 Å². The molecule has 122 valence electrons. The van der Waals surface area contributed by atoms with Gasteiger partial charge in [-0.25, -0.2) is 4.98 Å². The van der Waals surface area contributed by atoms with Crippen LogP contribution in [0.3, 0.4) is 0 Å². The molecule has 1 N–H and O–H groups in total. The number of aromatic amines is 1. The lowest BCUT2D eigenvalue weighted by molar-refractivity contribution is 0.415. The maximum Gasteiger partial charge on any atom is 0.282 e. The number of nitrogens with zero attached hydrogens (tertiary/aromatic N) is 3. The van der Waals surface area contributed by atoms with Crippen LogP contribution in [0.5, 0.6) is 5.75 Å². The zero-order chi connectivity index (χ0) is 17.0. The first-order valence-corrected chi connectivity index (χ1v) is 8.50. The van der Waals surface area contributed by atoms with Gasteiger partial charge in [-0.2, -0.15) is 4.68 Å². The largest absolute Gasteiger partial charge is 0.497 e. The summed E-state index contributed by atoms with van der Waals surface area (Å²) in [6, 6.07) is 13.4. The number of H-pyrrole nitrogens is 1. The molecule has 5 aromatic rings. The Hall–Kier alpha value is -3.19. The summed E-state index contributed by atoms with van der Waals surface area (Å²) in [6.07, 6.45) is 1.60. The van der Waals surface area contributed by atoms with Gasteiger partial charge in [0.2, 0.25) is 5.13 Å². The van der Waals surface area contributed by atoms with Crippen LogP contribution in [0, 0.1) is 0 Å². The molecule has 0 radical (unpaired) electrons. The van der Waals surface area contributed by atoms with Gasteiger partial charge in [-0.15, -0.1) is 0 Å². The molecule has 0 saturated heterocycles. The Morgan fingerprint density at radius 2 is 2.00 bits per heavy atom. The van der Waals surface area contributed by atoms with Gasteiger partial charge >= 0.3 is 0 Å². The average molecular weight is 348 g/mol. The highest BCUT2D eigenvalue weighted by molar-refractivity contribution is 7.20. The van der Waals surface area contributed by atoms with Gasteiger partial charge in [0.1, 0.15) is 5.75 Å². The highest BCUT2D eigenvalue weighted by atomic mass is 32.1. The molecule has 3 aromatic heterocycles. The third-order valence-electron chi connectivity index (χ3n) is 4.21. The standard InChI is InChI=1S/C18H12N4O2S/c1-24-10-6-7-13-11(8-10)16-12(9-19-13)17(23)22(21-16)18-20-14-4-2-3-5-15(14)25-18/h2-9,21H,1H3. The average Bonchev–Trinajstić information content (AvgIpc) is 3.22. The van der Waals surface area contributed by atoms with E-state index in [9.17, 15) is 4.79 Å². The molecule has 3 heterocycles. The Balaban J connectivity index is 1.83. The summed E-state index contributed by atoms with van der Waals surface area (Å²) in [4.78, 5) is 21.8. The number of para-hydroxylation sites is 1. The number of thiazole rings is 1. The molecule has 0 aliphatic heterocycles. The van der Waals surface area contributed by atoms with Gasteiger partial charge in [0.05, 0.1) is 33.7 Å². The Morgan fingerprint density at radius 3 is 2.84 bits per heavy atom. The van der Waals surface area contributed by atoms with Gasteiger partial charge in [-0.05, 0) is 30.3 Å². The van der Waals surface area contributed by atoms with Crippen molar-refractivity contribution in [2.75, 3.05) is 7.11 Å². The van der Waals surface area contributed by atoms with Crippen LogP contribution in [-0.2, 0) is 0 Å². The number of pyridine rings is 1. The quantitative estimate of drug-likeness (QED) is 0.530. The first-order chi connectivity index (χ1) is 12.2. The highest BCUT2D eigenvalue weighted by Gasteiger charge is 2.15. The summed E-state index contributed by atoms with van der Waals surface area (Å²) in [5.74, 6) is 0.718. The van der Waals surface area contributed by atoms with Crippen molar-refractivity contribution in [3.8, 4) is 10.9 Å². The number of aromatic nitrogens is 4. The fourth-order valence-corrected chi connectivity index (χ4v) is 3.88. The summed E-state index contributed by atoms with van der Waals surface area (Å²) in [5.41, 5.74) is 2.24. The molecule has 5 rings (SSSR count). The SMILES string of the molecule is COc1ccc2ncc3c(=O)n(-c4nc5ccccc5s4)[nH]c3c2c1. The zero-order valence-electron chi connectivity index (χ0n) is 13.2. The third-order valence-corrected chi connectivity index (χ3v) is 5.23. The summed E-state index contributed by atoms with van der Waals surface area (Å²) >= 11 is 1.47. The molecule has 0 bridgehead atoms. The van der Waals surface area contributed by atoms with E-state index in [1.807, 2.05) is 42.5 Å². The molecular weight excluding hydrogens is 336 g/mol. The number of benzene rings is 2. The van der Waals surface area contributed by atoms with Gasteiger partial charge in [0.25, 0.3) is 5.56 Å². The molecule has 6 nitrogen and oxygen atoms in total. The van der Waals surface area contributed by atoms with E-state index in [0.29, 0.717) is 10.5 Å². The van der Waals surface area contributed by atoms with Crippen molar-refractivity contribution in [1.29, 1.82) is 0 Å². The van der Waals surface area contributed by atoms with Gasteiger partial charge in [-0.1, -0.05) is 23.5 Å². The fraction of sp³-hybridized carbons (Fsp3) is 0.0556. The minimum atomic E-state index is -0.161. The number of rotatable bonds is 2. The Labute approximate surface area is 145 Å². The number of nitrogens with one attached hydrogen (secondary N) is 1. The van der Waals surface area contributed by atoms with Crippen molar-refractivity contribution in [3.63, 3.8) is 0 Å². The fourth-order valence-electron chi connectivity index (χ4n) is 2.95. The predicted molar refractivity (Wildman–Crippen MR) is 98.9 cm³/mol. The van der Waals surface area contributed by atoms with Gasteiger partial charge in [0, 0.05) is 11.6 Å². The topological polar surface area (TPSA) is 72.8 Å². The lowest BCUT2D eigenvalue weighted by Gasteiger charge is -2.02. The molecule has 0 saturated carbocycles. The number of methoxy groups -OCH3 is 1. The molecule has 25 heavy (non-hydrogen) atoms. The summed E-state index contributed by atoms with van der Waals surface area (Å²) in [6.45, 7) is 0. The zero-order valence-corrected chi connectivity index (χ0v) is 14.0. The second-order valence-corrected chi connectivity index (χ2v) is 6.66. The lowest BCUT2D eigenvalue weighted by atomic mass is 10.1. The molecule has 7 heteroatoms. The number of ether oxygens (including phenoxy) is 1. The molecule has 0 amide bonds. The third kappa shape index (κ3) is 2.06. The van der Waals surface area contributed by atoms with E-state index < -0.39 is 0 Å². The maximum absolute atomic E-state index is 12.8. The van der Waals surface area contributed by atoms with Crippen molar-refractivity contribution in [2.45, 2.75) is 0 Å². The van der Waals surface area contributed by atoms with Gasteiger partial charge in [0.15, 0.2) is 0 Å². The van der Waals surface area contributed by atoms with Crippen molar-refractivity contribution in [1.82, 2.24) is 19.7 Å². The molecule has 0 aliphatic carbocycles. The highest BCUT2D eigenvalue weighted by Crippen LogP contribution is 2.27. The van der Waals surface area contributed by atoms with Crippen molar-refractivity contribution in [2.24, 2.45) is 0 Å². The first-order valence-electron chi connectivity index (χ1n) is 7.68. The van der Waals surface area contributed by atoms with Crippen LogP contribution < -0.4 is 10.3 Å². The molecule has 0 spiro atoms. The normalized spacial score (nSPS) is 11.6. The maximum atomic E-state index is 12.8. The Bertz CT molecular complexity index is 1280. The van der Waals surface area contributed by atoms with E-state index in [4.69, 9.17) is 4.74 Å².